The average Bonchev–Trinajstić information content (AvgIpc) is 3.31. The van der Waals surface area contributed by atoms with Gasteiger partial charge in [0.2, 0.25) is 0 Å². The van der Waals surface area contributed by atoms with E-state index in [-0.39, 0.29) is 6.10 Å². The first-order valence-corrected chi connectivity index (χ1v) is 7.78. The van der Waals surface area contributed by atoms with E-state index in [0.29, 0.717) is 13.0 Å². The van der Waals surface area contributed by atoms with Gasteiger partial charge < -0.3 is 29.5 Å². The molecule has 2 bridgehead atoms. The van der Waals surface area contributed by atoms with Gasteiger partial charge in [0.15, 0.2) is 0 Å². The Balaban J connectivity index is 1.67. The molecule has 0 unspecified atom stereocenters. The zero-order valence-electron chi connectivity index (χ0n) is 12.5. The molecule has 0 amide bonds. The molecule has 1 spiro atoms. The minimum absolute atomic E-state index is 0.186. The van der Waals surface area contributed by atoms with Crippen molar-refractivity contribution < 1.29 is 34.3 Å². The summed E-state index contributed by atoms with van der Waals surface area (Å²) in [5.41, 5.74) is -4.10. The highest BCUT2D eigenvalue weighted by Crippen LogP contribution is 2.76. The van der Waals surface area contributed by atoms with E-state index in [9.17, 15) is 20.1 Å². The summed E-state index contributed by atoms with van der Waals surface area (Å²) in [7, 11) is 0. The SMILES string of the molecule is C[C@]12C[C@H]3OC(=O)[C@H]([C@H]3[C@@](C)(O)CO)[C@@]1(O)[C@@H]1O[C@@H]1[C@@]21CO1. The van der Waals surface area contributed by atoms with E-state index in [1.54, 1.807) is 0 Å². The summed E-state index contributed by atoms with van der Waals surface area (Å²) in [6, 6.07) is 0. The van der Waals surface area contributed by atoms with Gasteiger partial charge >= 0.3 is 5.97 Å². The minimum Gasteiger partial charge on any atom is -0.462 e. The Morgan fingerprint density at radius 2 is 2.09 bits per heavy atom. The summed E-state index contributed by atoms with van der Waals surface area (Å²) in [6.07, 6.45) is -0.769. The molecule has 7 nitrogen and oxygen atoms in total. The molecule has 122 valence electrons. The topological polar surface area (TPSA) is 112 Å². The van der Waals surface area contributed by atoms with Gasteiger partial charge in [-0.3, -0.25) is 4.79 Å². The maximum absolute atomic E-state index is 12.4. The average molecular weight is 312 g/mol. The van der Waals surface area contributed by atoms with Crippen LogP contribution in [0, 0.1) is 17.3 Å². The fraction of sp³-hybridized carbons (Fsp3) is 0.933. The van der Waals surface area contributed by atoms with Crippen molar-refractivity contribution in [3.63, 3.8) is 0 Å². The number of carbonyl (C=O) groups excluding carboxylic acids is 1. The van der Waals surface area contributed by atoms with E-state index < -0.39 is 58.8 Å². The van der Waals surface area contributed by atoms with E-state index in [0.717, 1.165) is 0 Å². The maximum Gasteiger partial charge on any atom is 0.312 e. The Morgan fingerprint density at radius 3 is 2.68 bits per heavy atom. The first-order chi connectivity index (χ1) is 10.2. The van der Waals surface area contributed by atoms with Gasteiger partial charge in [-0.15, -0.1) is 0 Å². The van der Waals surface area contributed by atoms with Crippen molar-refractivity contribution in [3.8, 4) is 0 Å². The van der Waals surface area contributed by atoms with E-state index in [1.807, 2.05) is 6.92 Å². The van der Waals surface area contributed by atoms with Crippen LogP contribution in [-0.4, -0.2) is 69.6 Å². The molecule has 5 aliphatic rings. The highest BCUT2D eigenvalue weighted by atomic mass is 16.7. The quantitative estimate of drug-likeness (QED) is 0.424. The molecule has 0 aromatic rings. The van der Waals surface area contributed by atoms with Gasteiger partial charge in [0.1, 0.15) is 29.5 Å². The molecule has 2 aliphatic carbocycles. The highest BCUT2D eigenvalue weighted by molar-refractivity contribution is 5.79. The Labute approximate surface area is 127 Å². The Bertz CT molecular complexity index is 584. The smallest absolute Gasteiger partial charge is 0.312 e. The third kappa shape index (κ3) is 1.11. The number of epoxide rings is 2. The van der Waals surface area contributed by atoms with Gasteiger partial charge in [-0.05, 0) is 13.3 Å². The number of hydrogen-bond acceptors (Lipinski definition) is 7. The van der Waals surface area contributed by atoms with Crippen molar-refractivity contribution in [1.29, 1.82) is 0 Å². The van der Waals surface area contributed by atoms with Crippen LogP contribution in [0.1, 0.15) is 20.3 Å². The van der Waals surface area contributed by atoms with Gasteiger partial charge in [-0.2, -0.15) is 0 Å². The number of aliphatic hydroxyl groups is 3. The van der Waals surface area contributed by atoms with E-state index in [2.05, 4.69) is 0 Å². The van der Waals surface area contributed by atoms with Gasteiger partial charge in [0, 0.05) is 11.3 Å². The van der Waals surface area contributed by atoms with Crippen molar-refractivity contribution in [3.05, 3.63) is 0 Å². The van der Waals surface area contributed by atoms with Crippen LogP contribution in [0.15, 0.2) is 0 Å². The van der Waals surface area contributed by atoms with Crippen molar-refractivity contribution >= 4 is 5.97 Å². The first-order valence-electron chi connectivity index (χ1n) is 7.78. The second-order valence-electron chi connectivity index (χ2n) is 8.01. The maximum atomic E-state index is 12.4. The lowest BCUT2D eigenvalue weighted by atomic mass is 9.52. The highest BCUT2D eigenvalue weighted by Gasteiger charge is 2.92. The van der Waals surface area contributed by atoms with Crippen molar-refractivity contribution in [1.82, 2.24) is 0 Å². The van der Waals surface area contributed by atoms with Crippen LogP contribution >= 0.6 is 0 Å². The van der Waals surface area contributed by atoms with Crippen molar-refractivity contribution in [2.45, 2.75) is 55.4 Å². The van der Waals surface area contributed by atoms with Gasteiger partial charge in [0.25, 0.3) is 0 Å². The molecule has 22 heavy (non-hydrogen) atoms. The molecule has 2 saturated carbocycles. The predicted molar refractivity (Wildman–Crippen MR) is 69.6 cm³/mol. The summed E-state index contributed by atoms with van der Waals surface area (Å²) in [5, 5.41) is 31.6. The normalized spacial score (nSPS) is 63.1. The second kappa shape index (κ2) is 3.37. The lowest BCUT2D eigenvalue weighted by molar-refractivity contribution is -0.216. The number of hydrogen-bond donors (Lipinski definition) is 3. The standard InChI is InChI=1S/C15H20O7/c1-12(18,4-16)7-6-3-13(2)14(5-20-14)9-10(22-9)15(13,19)8(7)11(17)21-6/h6-10,16,18-19H,3-5H2,1-2H3/t6-,7+,8+,9+,10-,12+,13-,14+,15-/m1/s1. The summed E-state index contributed by atoms with van der Waals surface area (Å²) in [4.78, 5) is 12.4. The van der Waals surface area contributed by atoms with Crippen LogP contribution in [0.4, 0.5) is 0 Å². The number of rotatable bonds is 2. The van der Waals surface area contributed by atoms with E-state index >= 15 is 0 Å². The van der Waals surface area contributed by atoms with Crippen LogP contribution < -0.4 is 0 Å². The molecule has 9 atom stereocenters. The monoisotopic (exact) mass is 312 g/mol. The lowest BCUT2D eigenvalue weighted by Crippen LogP contribution is -2.67. The largest absolute Gasteiger partial charge is 0.462 e. The second-order valence-corrected chi connectivity index (χ2v) is 8.01. The van der Waals surface area contributed by atoms with E-state index in [1.165, 1.54) is 6.92 Å². The zero-order valence-corrected chi connectivity index (χ0v) is 12.5. The minimum atomic E-state index is -1.50. The molecular formula is C15H20O7. The number of esters is 1. The van der Waals surface area contributed by atoms with Gasteiger partial charge in [-0.1, -0.05) is 6.92 Å². The molecule has 5 rings (SSSR count). The van der Waals surface area contributed by atoms with Crippen LogP contribution in [0.25, 0.3) is 0 Å². The molecule has 5 fully saturated rings. The Kier molecular flexibility index (Phi) is 2.10. The summed E-state index contributed by atoms with van der Waals surface area (Å²) in [5.74, 6) is -2.07. The Hall–Kier alpha value is -0.730. The summed E-state index contributed by atoms with van der Waals surface area (Å²) in [6.45, 7) is 3.43. The molecule has 0 aromatic heterocycles. The van der Waals surface area contributed by atoms with Gasteiger partial charge in [0.05, 0.1) is 24.7 Å². The van der Waals surface area contributed by atoms with E-state index in [4.69, 9.17) is 14.2 Å². The number of aliphatic hydroxyl groups excluding tert-OH is 1. The molecule has 3 aliphatic heterocycles. The molecule has 7 heteroatoms. The van der Waals surface area contributed by atoms with Gasteiger partial charge in [-0.25, -0.2) is 0 Å². The third-order valence-electron chi connectivity index (χ3n) is 7.06. The van der Waals surface area contributed by atoms with Crippen LogP contribution in [0.2, 0.25) is 0 Å². The van der Waals surface area contributed by atoms with Crippen LogP contribution in [0.5, 0.6) is 0 Å². The first kappa shape index (κ1) is 13.7. The lowest BCUT2D eigenvalue weighted by Gasteiger charge is -2.53. The van der Waals surface area contributed by atoms with Crippen molar-refractivity contribution in [2.24, 2.45) is 17.3 Å². The third-order valence-corrected chi connectivity index (χ3v) is 7.06. The fourth-order valence-corrected chi connectivity index (χ4v) is 5.73. The van der Waals surface area contributed by atoms with Crippen LogP contribution in [-0.2, 0) is 19.0 Å². The Morgan fingerprint density at radius 1 is 1.41 bits per heavy atom. The molecule has 0 aromatic carbocycles. The molecule has 3 saturated heterocycles. The predicted octanol–water partition coefficient (Wildman–Crippen LogP) is -1.42. The molecular weight excluding hydrogens is 292 g/mol. The summed E-state index contributed by atoms with van der Waals surface area (Å²) >= 11 is 0. The zero-order chi connectivity index (χ0) is 15.7. The molecule has 0 radical (unpaired) electrons. The summed E-state index contributed by atoms with van der Waals surface area (Å²) < 4.78 is 16.8. The molecule has 3 N–H and O–H groups in total. The fourth-order valence-electron chi connectivity index (χ4n) is 5.73. The number of fused-ring (bicyclic) bond motifs is 8. The van der Waals surface area contributed by atoms with Crippen molar-refractivity contribution in [2.75, 3.05) is 13.2 Å². The molecule has 3 heterocycles. The van der Waals surface area contributed by atoms with Crippen LogP contribution in [0.3, 0.4) is 0 Å². The number of carbonyl (C=O) groups is 1. The number of ether oxygens (including phenoxy) is 3.